The molecule has 1 aromatic carbocycles. The highest BCUT2D eigenvalue weighted by molar-refractivity contribution is 7.71. The molecule has 1 rings (SSSR count). The van der Waals surface area contributed by atoms with Crippen LogP contribution in [0.5, 0.6) is 0 Å². The Hall–Kier alpha value is -0.550. The number of rotatable bonds is 23. The predicted molar refractivity (Wildman–Crippen MR) is 147 cm³/mol. The average molecular weight is 463 g/mol. The molecule has 0 fully saturated rings. The summed E-state index contributed by atoms with van der Waals surface area (Å²) in [5.74, 6) is 0. The summed E-state index contributed by atoms with van der Waals surface area (Å²) in [5.41, 5.74) is 0. The van der Waals surface area contributed by atoms with Gasteiger partial charge in [-0.15, -0.1) is 0 Å². The minimum Gasteiger partial charge on any atom is -0.319 e. The Morgan fingerprint density at radius 1 is 0.469 bits per heavy atom. The second-order valence-corrected chi connectivity index (χ2v) is 13.2. The molecular weight excluding hydrogens is 407 g/mol. The van der Waals surface area contributed by atoms with Gasteiger partial charge in [-0.25, -0.2) is 0 Å². The van der Waals surface area contributed by atoms with Crippen LogP contribution in [0.3, 0.4) is 0 Å². The van der Waals surface area contributed by atoms with Gasteiger partial charge in [0, 0.05) is 17.6 Å². The maximum absolute atomic E-state index is 13.9. The molecule has 0 N–H and O–H groups in total. The smallest absolute Gasteiger partial charge is 0.115 e. The van der Waals surface area contributed by atoms with E-state index in [0.29, 0.717) is 0 Å². The first-order chi connectivity index (χ1) is 15.7. The Labute approximate surface area is 201 Å². The molecule has 1 nitrogen and oxygen atoms in total. The standard InChI is InChI=1S/C30H55OP/c1-3-5-7-9-11-13-15-17-19-24-28-32(31,30-26-22-21-23-27-30)29-25-20-18-16-14-12-10-8-6-4-2/h21-23,26-27H,3-20,24-25,28-29H2,1-2H3. The molecule has 186 valence electrons. The van der Waals surface area contributed by atoms with E-state index in [1.54, 1.807) is 0 Å². The lowest BCUT2D eigenvalue weighted by Crippen LogP contribution is -2.11. The van der Waals surface area contributed by atoms with Gasteiger partial charge in [0.05, 0.1) is 0 Å². The topological polar surface area (TPSA) is 17.1 Å². The Bertz CT molecular complexity index is 525. The summed E-state index contributed by atoms with van der Waals surface area (Å²) in [4.78, 5) is 0. The van der Waals surface area contributed by atoms with Crippen molar-refractivity contribution in [1.82, 2.24) is 0 Å². The zero-order chi connectivity index (χ0) is 23.2. The molecule has 1 aromatic rings. The van der Waals surface area contributed by atoms with E-state index in [2.05, 4.69) is 44.2 Å². The van der Waals surface area contributed by atoms with Crippen molar-refractivity contribution < 1.29 is 4.57 Å². The zero-order valence-electron chi connectivity index (χ0n) is 21.8. The van der Waals surface area contributed by atoms with Crippen LogP contribution < -0.4 is 5.30 Å². The van der Waals surface area contributed by atoms with Gasteiger partial charge in [-0.05, 0) is 12.8 Å². The summed E-state index contributed by atoms with van der Waals surface area (Å²) in [5, 5.41) is 1.13. The third-order valence-corrected chi connectivity index (χ3v) is 10.3. The predicted octanol–water partition coefficient (Wildman–Crippen LogP) is 10.5. The molecule has 0 saturated carbocycles. The highest BCUT2D eigenvalue weighted by Crippen LogP contribution is 2.46. The van der Waals surface area contributed by atoms with Crippen molar-refractivity contribution in [3.63, 3.8) is 0 Å². The monoisotopic (exact) mass is 462 g/mol. The van der Waals surface area contributed by atoms with Crippen molar-refractivity contribution in [3.05, 3.63) is 30.3 Å². The summed E-state index contributed by atoms with van der Waals surface area (Å²) < 4.78 is 13.9. The van der Waals surface area contributed by atoms with Crippen molar-refractivity contribution in [2.45, 2.75) is 142 Å². The average Bonchev–Trinajstić information content (AvgIpc) is 2.82. The third kappa shape index (κ3) is 15.3. The van der Waals surface area contributed by atoms with E-state index in [1.165, 1.54) is 116 Å². The van der Waals surface area contributed by atoms with Crippen molar-refractivity contribution in [3.8, 4) is 0 Å². The van der Waals surface area contributed by atoms with Crippen LogP contribution in [-0.4, -0.2) is 12.3 Å². The van der Waals surface area contributed by atoms with Gasteiger partial charge >= 0.3 is 0 Å². The van der Waals surface area contributed by atoms with Crippen LogP contribution in [0.4, 0.5) is 0 Å². The molecule has 0 unspecified atom stereocenters. The number of hydrogen-bond acceptors (Lipinski definition) is 1. The van der Waals surface area contributed by atoms with E-state index in [4.69, 9.17) is 0 Å². The van der Waals surface area contributed by atoms with Gasteiger partial charge < -0.3 is 4.57 Å². The first kappa shape index (κ1) is 29.5. The molecule has 0 aromatic heterocycles. The van der Waals surface area contributed by atoms with Crippen LogP contribution in [0, 0.1) is 0 Å². The van der Waals surface area contributed by atoms with E-state index in [1.807, 2.05) is 0 Å². The van der Waals surface area contributed by atoms with E-state index >= 15 is 0 Å². The molecule has 0 saturated heterocycles. The summed E-state index contributed by atoms with van der Waals surface area (Å²) in [6.45, 7) is 4.56. The van der Waals surface area contributed by atoms with Crippen molar-refractivity contribution in [2.75, 3.05) is 12.3 Å². The van der Waals surface area contributed by atoms with Crippen LogP contribution in [-0.2, 0) is 4.57 Å². The molecule has 0 aliphatic rings. The Morgan fingerprint density at radius 2 is 0.781 bits per heavy atom. The van der Waals surface area contributed by atoms with Gasteiger partial charge in [0.1, 0.15) is 7.14 Å². The van der Waals surface area contributed by atoms with Crippen molar-refractivity contribution in [2.24, 2.45) is 0 Å². The SMILES string of the molecule is CCCCCCCCCCCCP(=O)(CCCCCCCCCCCC)c1ccccc1. The minimum atomic E-state index is -2.22. The maximum Gasteiger partial charge on any atom is 0.115 e. The molecule has 0 bridgehead atoms. The zero-order valence-corrected chi connectivity index (χ0v) is 22.7. The second-order valence-electron chi connectivity index (χ2n) is 10.0. The summed E-state index contributed by atoms with van der Waals surface area (Å²) in [6, 6.07) is 10.4. The first-order valence-electron chi connectivity index (χ1n) is 14.4. The van der Waals surface area contributed by atoms with Gasteiger partial charge in [0.25, 0.3) is 0 Å². The molecular formula is C30H55OP. The third-order valence-electron chi connectivity index (χ3n) is 6.97. The summed E-state index contributed by atoms with van der Waals surface area (Å²) >= 11 is 0. The fraction of sp³-hybridized carbons (Fsp3) is 0.800. The largest absolute Gasteiger partial charge is 0.319 e. The van der Waals surface area contributed by atoms with Crippen LogP contribution in [0.2, 0.25) is 0 Å². The lowest BCUT2D eigenvalue weighted by Gasteiger charge is -2.19. The van der Waals surface area contributed by atoms with Gasteiger partial charge in [-0.3, -0.25) is 0 Å². The number of unbranched alkanes of at least 4 members (excludes halogenated alkanes) is 18. The normalized spacial score (nSPS) is 11.8. The molecule has 0 aliphatic carbocycles. The Kier molecular flexibility index (Phi) is 19.4. The number of hydrogen-bond donors (Lipinski definition) is 0. The second kappa shape index (κ2) is 21.0. The highest BCUT2D eigenvalue weighted by atomic mass is 31.2. The van der Waals surface area contributed by atoms with Gasteiger partial charge in [-0.1, -0.05) is 160 Å². The quantitative estimate of drug-likeness (QED) is 0.117. The fourth-order valence-corrected chi connectivity index (χ4v) is 7.70. The molecule has 0 aliphatic heterocycles. The minimum absolute atomic E-state index is 0.922. The van der Waals surface area contributed by atoms with E-state index in [0.717, 1.165) is 30.5 Å². The van der Waals surface area contributed by atoms with Crippen LogP contribution >= 0.6 is 7.14 Å². The van der Waals surface area contributed by atoms with Crippen molar-refractivity contribution >= 4 is 12.4 Å². The molecule has 0 radical (unpaired) electrons. The van der Waals surface area contributed by atoms with Gasteiger partial charge in [0.2, 0.25) is 0 Å². The van der Waals surface area contributed by atoms with E-state index in [-0.39, 0.29) is 0 Å². The molecule has 0 atom stereocenters. The van der Waals surface area contributed by atoms with Crippen LogP contribution in [0.1, 0.15) is 142 Å². The molecule has 32 heavy (non-hydrogen) atoms. The maximum atomic E-state index is 13.9. The van der Waals surface area contributed by atoms with Gasteiger partial charge in [0.15, 0.2) is 0 Å². The molecule has 0 spiro atoms. The molecule has 0 amide bonds. The summed E-state index contributed by atoms with van der Waals surface area (Å²) in [6.07, 6.45) is 28.7. The lowest BCUT2D eigenvalue weighted by molar-refractivity contribution is 0.551. The molecule has 0 heterocycles. The number of benzene rings is 1. The van der Waals surface area contributed by atoms with Crippen LogP contribution in [0.25, 0.3) is 0 Å². The van der Waals surface area contributed by atoms with E-state index < -0.39 is 7.14 Å². The van der Waals surface area contributed by atoms with E-state index in [9.17, 15) is 4.57 Å². The van der Waals surface area contributed by atoms with Crippen molar-refractivity contribution in [1.29, 1.82) is 0 Å². The highest BCUT2D eigenvalue weighted by Gasteiger charge is 2.23. The fourth-order valence-electron chi connectivity index (χ4n) is 4.78. The lowest BCUT2D eigenvalue weighted by atomic mass is 10.1. The van der Waals surface area contributed by atoms with Crippen LogP contribution in [0.15, 0.2) is 30.3 Å². The Balaban J connectivity index is 2.21. The summed E-state index contributed by atoms with van der Waals surface area (Å²) in [7, 11) is -2.22. The Morgan fingerprint density at radius 3 is 1.12 bits per heavy atom. The van der Waals surface area contributed by atoms with Gasteiger partial charge in [-0.2, -0.15) is 0 Å². The molecule has 2 heteroatoms. The first-order valence-corrected chi connectivity index (χ1v) is 16.4.